The van der Waals surface area contributed by atoms with E-state index in [9.17, 15) is 4.79 Å². The second kappa shape index (κ2) is 5.60. The number of thiophene rings is 1. The van der Waals surface area contributed by atoms with E-state index in [0.717, 1.165) is 21.8 Å². The molecule has 0 atom stereocenters. The minimum absolute atomic E-state index is 0.439. The van der Waals surface area contributed by atoms with Gasteiger partial charge in [-0.05, 0) is 49.8 Å². The van der Waals surface area contributed by atoms with Crippen LogP contribution in [-0.2, 0) is 4.79 Å². The van der Waals surface area contributed by atoms with Crippen molar-refractivity contribution in [3.8, 4) is 5.06 Å². The van der Waals surface area contributed by atoms with Gasteiger partial charge in [0.1, 0.15) is 0 Å². The lowest BCUT2D eigenvalue weighted by atomic mass is 10.2. The van der Waals surface area contributed by atoms with Crippen LogP contribution >= 0.6 is 11.3 Å². The lowest BCUT2D eigenvalue weighted by Crippen LogP contribution is -1.86. The molecule has 18 heavy (non-hydrogen) atoms. The summed E-state index contributed by atoms with van der Waals surface area (Å²) in [5, 5.41) is 0.603. The number of rotatable bonds is 4. The van der Waals surface area contributed by atoms with Gasteiger partial charge in [-0.15, -0.1) is 0 Å². The second-order valence-electron chi connectivity index (χ2n) is 3.89. The van der Waals surface area contributed by atoms with Gasteiger partial charge in [0, 0.05) is 16.3 Å². The van der Waals surface area contributed by atoms with E-state index in [0.29, 0.717) is 11.5 Å². The predicted octanol–water partition coefficient (Wildman–Crippen LogP) is 3.47. The highest BCUT2D eigenvalue weighted by molar-refractivity contribution is 7.14. The fraction of sp³-hybridized carbons (Fsp3) is 0.143. The Morgan fingerprint density at radius 2 is 1.89 bits per heavy atom. The number of hydrogen-bond donors (Lipinski definition) is 0. The molecule has 0 aliphatic carbocycles. The van der Waals surface area contributed by atoms with E-state index in [-0.39, 0.29) is 0 Å². The normalized spacial score (nSPS) is 10.8. The number of pyridine rings is 1. The Labute approximate surface area is 110 Å². The molecule has 0 aliphatic heterocycles. The summed E-state index contributed by atoms with van der Waals surface area (Å²) in [6.45, 7) is 4.39. The van der Waals surface area contributed by atoms with Crippen molar-refractivity contribution in [2.75, 3.05) is 0 Å². The van der Waals surface area contributed by atoms with E-state index in [1.807, 2.05) is 44.2 Å². The van der Waals surface area contributed by atoms with Gasteiger partial charge in [0.25, 0.3) is 6.47 Å². The number of aryl methyl sites for hydroxylation is 2. The van der Waals surface area contributed by atoms with Gasteiger partial charge < -0.3 is 4.74 Å². The first-order valence-electron chi connectivity index (χ1n) is 5.51. The molecule has 4 heteroatoms. The molecule has 0 saturated carbocycles. The van der Waals surface area contributed by atoms with Crippen molar-refractivity contribution in [3.05, 3.63) is 46.1 Å². The second-order valence-corrected chi connectivity index (χ2v) is 4.97. The Bertz CT molecular complexity index is 567. The van der Waals surface area contributed by atoms with Crippen LogP contribution in [0, 0.1) is 13.8 Å². The molecule has 0 aromatic carbocycles. The molecule has 0 fully saturated rings. The van der Waals surface area contributed by atoms with Crippen LogP contribution in [0.2, 0.25) is 0 Å². The molecule has 2 aromatic rings. The van der Waals surface area contributed by atoms with Crippen molar-refractivity contribution in [1.82, 2.24) is 4.98 Å². The van der Waals surface area contributed by atoms with Gasteiger partial charge >= 0.3 is 0 Å². The molecule has 2 rings (SSSR count). The first-order chi connectivity index (χ1) is 8.67. The minimum atomic E-state index is 0.439. The van der Waals surface area contributed by atoms with Crippen LogP contribution in [0.1, 0.15) is 21.8 Å². The lowest BCUT2D eigenvalue weighted by Gasteiger charge is -1.98. The maximum atomic E-state index is 10.2. The third kappa shape index (κ3) is 3.28. The zero-order valence-corrected chi connectivity index (χ0v) is 11.0. The third-order valence-electron chi connectivity index (χ3n) is 2.31. The fourth-order valence-corrected chi connectivity index (χ4v) is 2.40. The van der Waals surface area contributed by atoms with Crippen LogP contribution in [0.3, 0.4) is 0 Å². The Hall–Kier alpha value is -1.94. The minimum Gasteiger partial charge on any atom is -0.418 e. The third-order valence-corrected chi connectivity index (χ3v) is 3.25. The van der Waals surface area contributed by atoms with E-state index >= 15 is 0 Å². The highest BCUT2D eigenvalue weighted by Crippen LogP contribution is 2.25. The zero-order valence-electron chi connectivity index (χ0n) is 10.2. The first-order valence-corrected chi connectivity index (χ1v) is 6.32. The zero-order chi connectivity index (χ0) is 13.0. The summed E-state index contributed by atoms with van der Waals surface area (Å²) in [7, 11) is 0. The Kier molecular flexibility index (Phi) is 3.89. The SMILES string of the molecule is Cc1cc(C=Cc2ccc(OC=O)s2)cc(C)n1. The fourth-order valence-electron chi connectivity index (χ4n) is 1.68. The van der Waals surface area contributed by atoms with Crippen LogP contribution in [0.5, 0.6) is 5.06 Å². The van der Waals surface area contributed by atoms with Crippen molar-refractivity contribution in [2.45, 2.75) is 13.8 Å². The first kappa shape index (κ1) is 12.5. The molecule has 0 amide bonds. The average Bonchev–Trinajstić information content (AvgIpc) is 2.74. The summed E-state index contributed by atoms with van der Waals surface area (Å²) in [6.07, 6.45) is 4.02. The Morgan fingerprint density at radius 3 is 2.56 bits per heavy atom. The molecule has 0 saturated heterocycles. The van der Waals surface area contributed by atoms with E-state index in [4.69, 9.17) is 4.74 Å². The summed E-state index contributed by atoms with van der Waals surface area (Å²) in [6, 6.07) is 7.75. The molecule has 2 aromatic heterocycles. The van der Waals surface area contributed by atoms with E-state index in [1.54, 1.807) is 6.07 Å². The topological polar surface area (TPSA) is 39.2 Å². The molecule has 2 heterocycles. The number of ether oxygens (including phenoxy) is 1. The van der Waals surface area contributed by atoms with Crippen LogP contribution in [0.4, 0.5) is 0 Å². The molecular formula is C14H13NO2S. The standard InChI is InChI=1S/C14H13NO2S/c1-10-7-12(8-11(2)15-10)3-4-13-5-6-14(18-13)17-9-16/h3-9H,1-2H3. The number of carbonyl (C=O) groups is 1. The largest absolute Gasteiger partial charge is 0.418 e. The van der Waals surface area contributed by atoms with Gasteiger partial charge in [-0.1, -0.05) is 17.4 Å². The van der Waals surface area contributed by atoms with Crippen LogP contribution < -0.4 is 4.74 Å². The number of hydrogen-bond acceptors (Lipinski definition) is 4. The van der Waals surface area contributed by atoms with Crippen LogP contribution in [-0.4, -0.2) is 11.5 Å². The molecule has 0 spiro atoms. The van der Waals surface area contributed by atoms with Crippen molar-refractivity contribution in [2.24, 2.45) is 0 Å². The van der Waals surface area contributed by atoms with Crippen LogP contribution in [0.25, 0.3) is 12.2 Å². The van der Waals surface area contributed by atoms with E-state index < -0.39 is 0 Å². The van der Waals surface area contributed by atoms with Gasteiger partial charge in [-0.25, -0.2) is 0 Å². The van der Waals surface area contributed by atoms with Gasteiger partial charge in [0.05, 0.1) is 0 Å². The van der Waals surface area contributed by atoms with E-state index in [1.165, 1.54) is 11.3 Å². The number of carbonyl (C=O) groups excluding carboxylic acids is 1. The highest BCUT2D eigenvalue weighted by Gasteiger charge is 1.98. The van der Waals surface area contributed by atoms with Crippen molar-refractivity contribution in [1.29, 1.82) is 0 Å². The number of aromatic nitrogens is 1. The van der Waals surface area contributed by atoms with Gasteiger partial charge in [0.2, 0.25) is 0 Å². The molecule has 0 bridgehead atoms. The van der Waals surface area contributed by atoms with Gasteiger partial charge in [0.15, 0.2) is 5.06 Å². The van der Waals surface area contributed by atoms with Crippen molar-refractivity contribution in [3.63, 3.8) is 0 Å². The number of nitrogens with zero attached hydrogens (tertiary/aromatic N) is 1. The molecule has 0 N–H and O–H groups in total. The van der Waals surface area contributed by atoms with Crippen molar-refractivity contribution >= 4 is 30.0 Å². The predicted molar refractivity (Wildman–Crippen MR) is 73.7 cm³/mol. The van der Waals surface area contributed by atoms with Crippen molar-refractivity contribution < 1.29 is 9.53 Å². The average molecular weight is 259 g/mol. The molecule has 0 aliphatic rings. The van der Waals surface area contributed by atoms with Crippen LogP contribution in [0.15, 0.2) is 24.3 Å². The summed E-state index contributed by atoms with van der Waals surface area (Å²) in [4.78, 5) is 15.6. The van der Waals surface area contributed by atoms with Gasteiger partial charge in [-0.3, -0.25) is 9.78 Å². The Morgan fingerprint density at radius 1 is 1.17 bits per heavy atom. The molecule has 0 unspecified atom stereocenters. The quantitative estimate of drug-likeness (QED) is 0.789. The highest BCUT2D eigenvalue weighted by atomic mass is 32.1. The van der Waals surface area contributed by atoms with E-state index in [2.05, 4.69) is 4.98 Å². The molecule has 3 nitrogen and oxygen atoms in total. The Balaban J connectivity index is 2.16. The molecule has 0 radical (unpaired) electrons. The maximum Gasteiger partial charge on any atom is 0.299 e. The van der Waals surface area contributed by atoms with Gasteiger partial charge in [-0.2, -0.15) is 0 Å². The summed E-state index contributed by atoms with van der Waals surface area (Å²) in [5.41, 5.74) is 3.13. The molecule has 92 valence electrons. The summed E-state index contributed by atoms with van der Waals surface area (Å²) < 4.78 is 4.77. The smallest absolute Gasteiger partial charge is 0.299 e. The monoisotopic (exact) mass is 259 g/mol. The maximum absolute atomic E-state index is 10.2. The summed E-state index contributed by atoms with van der Waals surface area (Å²) in [5.74, 6) is 0. The molecular weight excluding hydrogens is 246 g/mol. The lowest BCUT2D eigenvalue weighted by molar-refractivity contribution is -0.120. The summed E-state index contributed by atoms with van der Waals surface area (Å²) >= 11 is 1.43.